The highest BCUT2D eigenvalue weighted by molar-refractivity contribution is 7.89. The van der Waals surface area contributed by atoms with Gasteiger partial charge in [-0.05, 0) is 23.6 Å². The molecular weight excluding hydrogens is 348 g/mol. The maximum atomic E-state index is 12.4. The van der Waals surface area contributed by atoms with Crippen molar-refractivity contribution in [1.82, 2.24) is 19.9 Å². The summed E-state index contributed by atoms with van der Waals surface area (Å²) in [6.45, 7) is 4.39. The van der Waals surface area contributed by atoms with E-state index in [-0.39, 0.29) is 11.4 Å². The Hall–Kier alpha value is -2.51. The van der Waals surface area contributed by atoms with Gasteiger partial charge in [0.1, 0.15) is 5.82 Å². The largest absolute Gasteiger partial charge is 0.263 e. The van der Waals surface area contributed by atoms with Gasteiger partial charge in [0.15, 0.2) is 5.82 Å². The van der Waals surface area contributed by atoms with Crippen LogP contribution in [-0.4, -0.2) is 30.1 Å². The molecule has 6 nitrogen and oxygen atoms in total. The maximum Gasteiger partial charge on any atom is 0.240 e. The predicted molar refractivity (Wildman–Crippen MR) is 101 cm³/mol. The molecule has 0 aliphatic heterocycles. The Labute approximate surface area is 153 Å². The van der Waals surface area contributed by atoms with Crippen molar-refractivity contribution in [2.75, 3.05) is 6.54 Å². The Bertz CT molecular complexity index is 949. The van der Waals surface area contributed by atoms with E-state index >= 15 is 0 Å². The first-order valence-electron chi connectivity index (χ1n) is 8.52. The summed E-state index contributed by atoms with van der Waals surface area (Å²) < 4.78 is 27.4. The van der Waals surface area contributed by atoms with Crippen molar-refractivity contribution in [1.29, 1.82) is 0 Å². The first-order chi connectivity index (χ1) is 12.5. The van der Waals surface area contributed by atoms with Gasteiger partial charge in [0.05, 0.1) is 4.90 Å². The monoisotopic (exact) mass is 370 g/mol. The van der Waals surface area contributed by atoms with Crippen LogP contribution >= 0.6 is 0 Å². The fourth-order valence-corrected chi connectivity index (χ4v) is 3.57. The number of hydrogen-bond acceptors (Lipinski definition) is 4. The third-order valence-electron chi connectivity index (χ3n) is 4.07. The zero-order valence-corrected chi connectivity index (χ0v) is 15.6. The van der Waals surface area contributed by atoms with Crippen molar-refractivity contribution < 1.29 is 8.42 Å². The summed E-state index contributed by atoms with van der Waals surface area (Å²) in [5.41, 5.74) is 2.03. The first-order valence-corrected chi connectivity index (χ1v) is 10.0. The number of aromatic amines is 1. The number of nitrogens with one attached hydrogen (secondary N) is 2. The summed E-state index contributed by atoms with van der Waals surface area (Å²) in [5.74, 6) is 1.61. The Morgan fingerprint density at radius 1 is 1.04 bits per heavy atom. The summed E-state index contributed by atoms with van der Waals surface area (Å²) in [6.07, 6.45) is 0.434. The van der Waals surface area contributed by atoms with E-state index in [4.69, 9.17) is 0 Å². The Morgan fingerprint density at radius 2 is 1.73 bits per heavy atom. The molecule has 3 aromatic rings. The molecule has 0 aliphatic carbocycles. The van der Waals surface area contributed by atoms with E-state index in [0.717, 1.165) is 11.1 Å². The van der Waals surface area contributed by atoms with Crippen LogP contribution in [0.15, 0.2) is 59.5 Å². The quantitative estimate of drug-likeness (QED) is 0.669. The number of aromatic nitrogens is 3. The molecule has 2 aromatic carbocycles. The third-order valence-corrected chi connectivity index (χ3v) is 5.55. The average molecular weight is 370 g/mol. The maximum absolute atomic E-state index is 12.4. The molecule has 0 unspecified atom stereocenters. The van der Waals surface area contributed by atoms with Crippen LogP contribution in [0, 0.1) is 0 Å². The lowest BCUT2D eigenvalue weighted by atomic mass is 10.0. The highest BCUT2D eigenvalue weighted by atomic mass is 32.2. The van der Waals surface area contributed by atoms with E-state index in [1.807, 2.05) is 42.5 Å². The van der Waals surface area contributed by atoms with Crippen molar-refractivity contribution in [3.8, 4) is 11.4 Å². The first kappa shape index (κ1) is 18.3. The Kier molecular flexibility index (Phi) is 5.49. The van der Waals surface area contributed by atoms with Gasteiger partial charge in [0, 0.05) is 18.5 Å². The van der Waals surface area contributed by atoms with Gasteiger partial charge >= 0.3 is 0 Å². The molecule has 0 atom stereocenters. The molecule has 0 bridgehead atoms. The average Bonchev–Trinajstić information content (AvgIpc) is 3.11. The Balaban J connectivity index is 1.59. The number of benzene rings is 2. The Morgan fingerprint density at radius 3 is 2.38 bits per heavy atom. The number of hydrogen-bond donors (Lipinski definition) is 2. The summed E-state index contributed by atoms with van der Waals surface area (Å²) in [7, 11) is -3.53. The van der Waals surface area contributed by atoms with E-state index in [1.165, 1.54) is 0 Å². The topological polar surface area (TPSA) is 87.7 Å². The number of rotatable bonds is 7. The van der Waals surface area contributed by atoms with Crippen molar-refractivity contribution in [2.45, 2.75) is 31.1 Å². The van der Waals surface area contributed by atoms with E-state index in [2.05, 4.69) is 33.8 Å². The van der Waals surface area contributed by atoms with Gasteiger partial charge in [0.2, 0.25) is 10.0 Å². The van der Waals surface area contributed by atoms with Gasteiger partial charge < -0.3 is 0 Å². The molecule has 0 fully saturated rings. The third kappa shape index (κ3) is 4.36. The van der Waals surface area contributed by atoms with Crippen LogP contribution in [0.4, 0.5) is 0 Å². The van der Waals surface area contributed by atoms with Crippen LogP contribution in [0.2, 0.25) is 0 Å². The molecule has 0 amide bonds. The van der Waals surface area contributed by atoms with Crippen LogP contribution in [0.1, 0.15) is 31.2 Å². The fraction of sp³-hybridized carbons (Fsp3) is 0.263. The standard InChI is InChI=1S/C19H22N4O2S/c1-14(2)15-8-10-17(11-9-15)26(24,25)20-13-12-18-21-19(23-22-18)16-6-4-3-5-7-16/h3-11,14,20H,12-13H2,1-2H3,(H,21,22,23). The lowest BCUT2D eigenvalue weighted by molar-refractivity contribution is 0.581. The molecule has 0 radical (unpaired) electrons. The number of H-pyrrole nitrogens is 1. The highest BCUT2D eigenvalue weighted by Gasteiger charge is 2.14. The van der Waals surface area contributed by atoms with Gasteiger partial charge in [-0.2, -0.15) is 5.10 Å². The number of sulfonamides is 1. The van der Waals surface area contributed by atoms with Gasteiger partial charge in [-0.1, -0.05) is 56.3 Å². The molecule has 0 spiro atoms. The van der Waals surface area contributed by atoms with E-state index in [9.17, 15) is 8.42 Å². The molecule has 136 valence electrons. The van der Waals surface area contributed by atoms with Gasteiger partial charge in [0.25, 0.3) is 0 Å². The van der Waals surface area contributed by atoms with Crippen molar-refractivity contribution in [2.24, 2.45) is 0 Å². The summed E-state index contributed by atoms with van der Waals surface area (Å²) in [5, 5.41) is 7.03. The molecule has 0 saturated heterocycles. The zero-order valence-electron chi connectivity index (χ0n) is 14.8. The van der Waals surface area contributed by atoms with Gasteiger partial charge in [-0.3, -0.25) is 5.10 Å². The summed E-state index contributed by atoms with van der Waals surface area (Å²) in [6, 6.07) is 16.6. The van der Waals surface area contributed by atoms with E-state index in [0.29, 0.717) is 24.0 Å². The zero-order chi connectivity index (χ0) is 18.6. The fourth-order valence-electron chi connectivity index (χ4n) is 2.54. The molecule has 1 aromatic heterocycles. The van der Waals surface area contributed by atoms with E-state index < -0.39 is 10.0 Å². The van der Waals surface area contributed by atoms with Crippen LogP contribution in [-0.2, 0) is 16.4 Å². The van der Waals surface area contributed by atoms with Gasteiger partial charge in [-0.15, -0.1) is 0 Å². The smallest absolute Gasteiger partial charge is 0.240 e. The van der Waals surface area contributed by atoms with Crippen molar-refractivity contribution in [3.63, 3.8) is 0 Å². The molecule has 1 heterocycles. The minimum atomic E-state index is -3.53. The minimum Gasteiger partial charge on any atom is -0.263 e. The molecule has 26 heavy (non-hydrogen) atoms. The van der Waals surface area contributed by atoms with Crippen LogP contribution in [0.3, 0.4) is 0 Å². The second kappa shape index (κ2) is 7.80. The number of nitrogens with zero attached hydrogens (tertiary/aromatic N) is 2. The second-order valence-electron chi connectivity index (χ2n) is 6.34. The summed E-state index contributed by atoms with van der Waals surface area (Å²) >= 11 is 0. The second-order valence-corrected chi connectivity index (χ2v) is 8.11. The molecule has 7 heteroatoms. The van der Waals surface area contributed by atoms with E-state index in [1.54, 1.807) is 12.1 Å². The highest BCUT2D eigenvalue weighted by Crippen LogP contribution is 2.17. The van der Waals surface area contributed by atoms with Gasteiger partial charge in [-0.25, -0.2) is 18.1 Å². The lowest BCUT2D eigenvalue weighted by Gasteiger charge is -2.08. The molecule has 2 N–H and O–H groups in total. The molecule has 0 saturated carbocycles. The molecular formula is C19H22N4O2S. The predicted octanol–water partition coefficient (Wildman–Crippen LogP) is 3.12. The SMILES string of the molecule is CC(C)c1ccc(S(=O)(=O)NCCc2nc(-c3ccccc3)n[nH]2)cc1. The molecule has 0 aliphatic rings. The van der Waals surface area contributed by atoms with Crippen molar-refractivity contribution >= 4 is 10.0 Å². The van der Waals surface area contributed by atoms with Crippen LogP contribution in [0.25, 0.3) is 11.4 Å². The van der Waals surface area contributed by atoms with Crippen molar-refractivity contribution in [3.05, 3.63) is 66.0 Å². The van der Waals surface area contributed by atoms with Crippen LogP contribution in [0.5, 0.6) is 0 Å². The lowest BCUT2D eigenvalue weighted by Crippen LogP contribution is -2.26. The van der Waals surface area contributed by atoms with Crippen LogP contribution < -0.4 is 4.72 Å². The summed E-state index contributed by atoms with van der Waals surface area (Å²) in [4.78, 5) is 4.67. The molecule has 3 rings (SSSR count). The minimum absolute atomic E-state index is 0.248. The normalized spacial score (nSPS) is 11.8.